The van der Waals surface area contributed by atoms with Gasteiger partial charge in [-0.05, 0) is 37.1 Å². The summed E-state index contributed by atoms with van der Waals surface area (Å²) >= 11 is 0. The topological polar surface area (TPSA) is 103 Å². The van der Waals surface area contributed by atoms with E-state index in [0.29, 0.717) is 12.1 Å². The molecule has 0 saturated heterocycles. The van der Waals surface area contributed by atoms with Crippen LogP contribution in [0.3, 0.4) is 0 Å². The minimum Gasteiger partial charge on any atom is -0.494 e. The lowest BCUT2D eigenvalue weighted by Crippen LogP contribution is -2.34. The van der Waals surface area contributed by atoms with Crippen LogP contribution in [-0.2, 0) is 6.54 Å². The van der Waals surface area contributed by atoms with E-state index in [-0.39, 0.29) is 24.0 Å². The summed E-state index contributed by atoms with van der Waals surface area (Å²) in [5.41, 5.74) is 5.22. The zero-order valence-electron chi connectivity index (χ0n) is 18.2. The number of H-pyrrole nitrogens is 1. The van der Waals surface area contributed by atoms with E-state index in [9.17, 15) is 14.7 Å². The predicted octanol–water partition coefficient (Wildman–Crippen LogP) is 2.58. The number of hydrogen-bond acceptors (Lipinski definition) is 6. The van der Waals surface area contributed by atoms with Crippen molar-refractivity contribution < 1.29 is 5.11 Å². The Hall–Kier alpha value is -3.81. The van der Waals surface area contributed by atoms with Crippen molar-refractivity contribution in [3.8, 4) is 5.88 Å². The third-order valence-corrected chi connectivity index (χ3v) is 5.82. The van der Waals surface area contributed by atoms with Gasteiger partial charge in [-0.1, -0.05) is 42.5 Å². The number of nitrogens with zero attached hydrogens (tertiary/aromatic N) is 3. The molecule has 1 atom stereocenters. The van der Waals surface area contributed by atoms with Gasteiger partial charge in [-0.25, -0.2) is 4.79 Å². The fourth-order valence-electron chi connectivity index (χ4n) is 4.03. The molecule has 8 heteroatoms. The number of rotatable bonds is 7. The molecule has 166 valence electrons. The van der Waals surface area contributed by atoms with Gasteiger partial charge in [0.05, 0.1) is 18.3 Å². The highest BCUT2D eigenvalue weighted by atomic mass is 16.3. The molecule has 0 fully saturated rings. The summed E-state index contributed by atoms with van der Waals surface area (Å²) in [6.07, 6.45) is 0.421. The van der Waals surface area contributed by atoms with E-state index >= 15 is 0 Å². The van der Waals surface area contributed by atoms with Gasteiger partial charge in [0.2, 0.25) is 5.88 Å². The summed E-state index contributed by atoms with van der Waals surface area (Å²) in [6, 6.07) is 17.4. The maximum atomic E-state index is 12.5. The quantitative estimate of drug-likeness (QED) is 0.532. The number of hydrogen-bond donors (Lipinski definition) is 3. The van der Waals surface area contributed by atoms with Crippen LogP contribution in [0.1, 0.15) is 43.0 Å². The number of aromatic hydroxyl groups is 1. The van der Waals surface area contributed by atoms with Crippen molar-refractivity contribution in [2.45, 2.75) is 32.9 Å². The highest BCUT2D eigenvalue weighted by molar-refractivity contribution is 6.03. The molecule has 0 aliphatic carbocycles. The van der Waals surface area contributed by atoms with Crippen molar-refractivity contribution in [1.29, 1.82) is 0 Å². The summed E-state index contributed by atoms with van der Waals surface area (Å²) in [4.78, 5) is 29.5. The molecule has 0 amide bonds. The van der Waals surface area contributed by atoms with Gasteiger partial charge in [-0.15, -0.1) is 0 Å². The van der Waals surface area contributed by atoms with Crippen LogP contribution in [0.5, 0.6) is 5.88 Å². The average Bonchev–Trinajstić information content (AvgIpc) is 3.28. The molecule has 0 spiro atoms. The van der Waals surface area contributed by atoms with Crippen LogP contribution in [0.25, 0.3) is 0 Å². The normalized spacial score (nSPS) is 15.3. The number of hydrazone groups is 1. The predicted molar refractivity (Wildman–Crippen MR) is 126 cm³/mol. The van der Waals surface area contributed by atoms with Gasteiger partial charge in [0.1, 0.15) is 5.56 Å². The van der Waals surface area contributed by atoms with E-state index in [1.807, 2.05) is 42.5 Å². The van der Waals surface area contributed by atoms with Crippen LogP contribution in [0.15, 0.2) is 69.3 Å². The lowest BCUT2D eigenvalue weighted by atomic mass is 9.99. The van der Waals surface area contributed by atoms with E-state index in [0.717, 1.165) is 34.5 Å². The summed E-state index contributed by atoms with van der Waals surface area (Å²) in [5.74, 6) is -0.374. The van der Waals surface area contributed by atoms with E-state index in [2.05, 4.69) is 46.4 Å². The molecule has 0 unspecified atom stereocenters. The summed E-state index contributed by atoms with van der Waals surface area (Å²) in [6.45, 7) is 6.26. The Labute approximate surface area is 185 Å². The Balaban J connectivity index is 1.58. The molecule has 1 aliphatic rings. The number of anilines is 1. The lowest BCUT2D eigenvalue weighted by molar-refractivity contribution is 0.408. The van der Waals surface area contributed by atoms with Gasteiger partial charge in [-0.2, -0.15) is 5.10 Å². The number of nitrogens with one attached hydrogen (secondary N) is 2. The Morgan fingerprint density at radius 3 is 2.41 bits per heavy atom. The van der Waals surface area contributed by atoms with Gasteiger partial charge < -0.3 is 15.4 Å². The van der Waals surface area contributed by atoms with Gasteiger partial charge in [0.25, 0.3) is 5.56 Å². The van der Waals surface area contributed by atoms with E-state index in [1.54, 1.807) is 0 Å². The Bertz CT molecular complexity index is 1230. The van der Waals surface area contributed by atoms with Crippen molar-refractivity contribution in [2.75, 3.05) is 18.0 Å². The molecule has 2 heterocycles. The molecule has 3 aromatic rings. The lowest BCUT2D eigenvalue weighted by Gasteiger charge is -2.21. The van der Waals surface area contributed by atoms with Crippen LogP contribution in [0.4, 0.5) is 5.69 Å². The highest BCUT2D eigenvalue weighted by Gasteiger charge is 2.27. The summed E-state index contributed by atoms with van der Waals surface area (Å²) in [5, 5.41) is 15.1. The molecular formula is C24H27N5O3. The Morgan fingerprint density at radius 2 is 1.75 bits per heavy atom. The van der Waals surface area contributed by atoms with Crippen molar-refractivity contribution in [3.05, 3.63) is 92.1 Å². The molecule has 32 heavy (non-hydrogen) atoms. The average molecular weight is 434 g/mol. The molecule has 0 radical (unpaired) electrons. The van der Waals surface area contributed by atoms with Crippen molar-refractivity contribution in [2.24, 2.45) is 5.10 Å². The molecule has 0 bridgehead atoms. The van der Waals surface area contributed by atoms with Crippen LogP contribution in [0, 0.1) is 0 Å². The van der Waals surface area contributed by atoms with Crippen molar-refractivity contribution >= 4 is 11.4 Å². The van der Waals surface area contributed by atoms with Crippen LogP contribution < -0.4 is 21.6 Å². The zero-order valence-corrected chi connectivity index (χ0v) is 18.2. The molecule has 1 aliphatic heterocycles. The zero-order chi connectivity index (χ0) is 22.7. The monoisotopic (exact) mass is 433 g/mol. The standard InChI is InChI=1S/C24H27N5O3/c1-3-28(4-2)18-12-10-17(11-13-18)19-14-20(27-26-19)21-22(30)25-24(32)29(23(21)31)15-16-8-6-5-7-9-16/h5-13,19,26,31H,3-4,14-15H2,1-2H3,(H,25,30,32)/t19-/m0/s1. The second-order valence-electron chi connectivity index (χ2n) is 7.74. The minimum atomic E-state index is -0.657. The first-order valence-electron chi connectivity index (χ1n) is 10.8. The van der Waals surface area contributed by atoms with Crippen LogP contribution >= 0.6 is 0 Å². The highest BCUT2D eigenvalue weighted by Crippen LogP contribution is 2.27. The Morgan fingerprint density at radius 1 is 1.06 bits per heavy atom. The van der Waals surface area contributed by atoms with Gasteiger partial charge in [-0.3, -0.25) is 14.3 Å². The van der Waals surface area contributed by atoms with Crippen LogP contribution in [-0.4, -0.2) is 33.5 Å². The van der Waals surface area contributed by atoms with E-state index in [1.165, 1.54) is 0 Å². The first-order valence-corrected chi connectivity index (χ1v) is 10.8. The molecule has 0 saturated carbocycles. The summed E-state index contributed by atoms with van der Waals surface area (Å²) < 4.78 is 1.15. The maximum absolute atomic E-state index is 12.5. The maximum Gasteiger partial charge on any atom is 0.331 e. The fraction of sp³-hybridized carbons (Fsp3) is 0.292. The summed E-state index contributed by atoms with van der Waals surface area (Å²) in [7, 11) is 0. The first kappa shape index (κ1) is 21.4. The molecule has 2 aromatic carbocycles. The molecule has 3 N–H and O–H groups in total. The van der Waals surface area contributed by atoms with Crippen molar-refractivity contribution in [3.63, 3.8) is 0 Å². The largest absolute Gasteiger partial charge is 0.494 e. The van der Waals surface area contributed by atoms with Gasteiger partial charge >= 0.3 is 5.69 Å². The van der Waals surface area contributed by atoms with Gasteiger partial charge in [0, 0.05) is 25.2 Å². The molecular weight excluding hydrogens is 406 g/mol. The van der Waals surface area contributed by atoms with Gasteiger partial charge in [0.15, 0.2) is 0 Å². The molecule has 1 aromatic heterocycles. The molecule has 4 rings (SSSR count). The second kappa shape index (κ2) is 9.13. The minimum absolute atomic E-state index is 0.0234. The van der Waals surface area contributed by atoms with Crippen LogP contribution in [0.2, 0.25) is 0 Å². The number of aromatic nitrogens is 2. The SMILES string of the molecule is CCN(CC)c1ccc([C@@H]2CC(c3c(O)n(Cc4ccccc4)c(=O)[nH]c3=O)=NN2)cc1. The van der Waals surface area contributed by atoms with E-state index in [4.69, 9.17) is 0 Å². The van der Waals surface area contributed by atoms with Crippen molar-refractivity contribution in [1.82, 2.24) is 15.0 Å². The number of benzene rings is 2. The number of aromatic amines is 1. The fourth-order valence-corrected chi connectivity index (χ4v) is 4.03. The second-order valence-corrected chi connectivity index (χ2v) is 7.74. The first-order chi connectivity index (χ1) is 15.5. The van der Waals surface area contributed by atoms with E-state index < -0.39 is 11.2 Å². The third kappa shape index (κ3) is 4.16. The third-order valence-electron chi connectivity index (χ3n) is 5.82. The Kier molecular flexibility index (Phi) is 6.11. The smallest absolute Gasteiger partial charge is 0.331 e. The molecule has 8 nitrogen and oxygen atoms in total.